The van der Waals surface area contributed by atoms with Crippen LogP contribution in [0.4, 0.5) is 0 Å². The molecule has 0 amide bonds. The van der Waals surface area contributed by atoms with Crippen molar-refractivity contribution in [2.24, 2.45) is 5.92 Å². The third-order valence-corrected chi connectivity index (χ3v) is 3.27. The van der Waals surface area contributed by atoms with Gasteiger partial charge >= 0.3 is 0 Å². The zero-order valence-corrected chi connectivity index (χ0v) is 10.5. The van der Waals surface area contributed by atoms with E-state index in [1.54, 1.807) is 0 Å². The predicted molar refractivity (Wildman–Crippen MR) is 67.6 cm³/mol. The lowest BCUT2D eigenvalue weighted by molar-refractivity contribution is 0.432. The highest BCUT2D eigenvalue weighted by molar-refractivity contribution is 6.30. The van der Waals surface area contributed by atoms with Crippen molar-refractivity contribution in [3.63, 3.8) is 0 Å². The minimum absolute atomic E-state index is 0.554. The van der Waals surface area contributed by atoms with Crippen LogP contribution in [-0.2, 0) is 0 Å². The molecule has 0 spiro atoms. The maximum atomic E-state index is 6.02. The number of hydrogen-bond donors (Lipinski definition) is 1. The van der Waals surface area contributed by atoms with Crippen molar-refractivity contribution >= 4 is 11.6 Å². The summed E-state index contributed by atoms with van der Waals surface area (Å²) in [5.74, 6) is 1.23. The highest BCUT2D eigenvalue weighted by Gasteiger charge is 2.17. The number of benzene rings is 1. The molecule has 0 saturated carbocycles. The molecule has 84 valence electrons. The Kier molecular flexibility index (Phi) is 5.13. The molecule has 0 fully saturated rings. The van der Waals surface area contributed by atoms with Gasteiger partial charge in [0, 0.05) is 11.6 Å². The molecule has 2 heteroatoms. The Labute approximate surface area is 97.8 Å². The summed E-state index contributed by atoms with van der Waals surface area (Å²) in [6.45, 7) is 5.54. The van der Waals surface area contributed by atoms with E-state index >= 15 is 0 Å². The van der Waals surface area contributed by atoms with Crippen molar-refractivity contribution in [2.75, 3.05) is 13.6 Å². The second-order valence-electron chi connectivity index (χ2n) is 4.10. The normalized spacial score (nSPS) is 14.9. The zero-order chi connectivity index (χ0) is 11.3. The molecule has 0 aliphatic heterocycles. The molecular weight excluding hydrogens is 206 g/mol. The molecule has 0 aromatic heterocycles. The SMILES string of the molecule is CCC(C)C(CNC)c1cccc(Cl)c1. The fraction of sp³-hybridized carbons (Fsp3) is 0.538. The van der Waals surface area contributed by atoms with E-state index in [1.807, 2.05) is 19.2 Å². The molecule has 1 aromatic rings. The Morgan fingerprint density at radius 2 is 2.13 bits per heavy atom. The summed E-state index contributed by atoms with van der Waals surface area (Å²) in [7, 11) is 2.00. The number of rotatable bonds is 5. The first-order valence-corrected chi connectivity index (χ1v) is 5.96. The van der Waals surface area contributed by atoms with Crippen molar-refractivity contribution in [3.8, 4) is 0 Å². The second kappa shape index (κ2) is 6.14. The molecule has 0 radical (unpaired) electrons. The maximum Gasteiger partial charge on any atom is 0.0408 e. The van der Waals surface area contributed by atoms with E-state index in [4.69, 9.17) is 11.6 Å². The Morgan fingerprint density at radius 3 is 2.67 bits per heavy atom. The Balaban J connectivity index is 2.88. The van der Waals surface area contributed by atoms with Crippen LogP contribution in [0.25, 0.3) is 0 Å². The third-order valence-electron chi connectivity index (χ3n) is 3.03. The van der Waals surface area contributed by atoms with Crippen LogP contribution in [0.3, 0.4) is 0 Å². The van der Waals surface area contributed by atoms with Crippen LogP contribution in [0.15, 0.2) is 24.3 Å². The van der Waals surface area contributed by atoms with Gasteiger partial charge in [0.1, 0.15) is 0 Å². The van der Waals surface area contributed by atoms with Crippen molar-refractivity contribution in [2.45, 2.75) is 26.2 Å². The Hall–Kier alpha value is -0.530. The zero-order valence-electron chi connectivity index (χ0n) is 9.76. The Bertz CT molecular complexity index is 298. The van der Waals surface area contributed by atoms with Gasteiger partial charge in [-0.1, -0.05) is 44.0 Å². The van der Waals surface area contributed by atoms with Gasteiger partial charge in [-0.05, 0) is 36.6 Å². The average molecular weight is 226 g/mol. The van der Waals surface area contributed by atoms with Crippen LogP contribution in [-0.4, -0.2) is 13.6 Å². The van der Waals surface area contributed by atoms with Gasteiger partial charge in [-0.15, -0.1) is 0 Å². The van der Waals surface area contributed by atoms with Gasteiger partial charge in [0.15, 0.2) is 0 Å². The molecule has 0 saturated heterocycles. The topological polar surface area (TPSA) is 12.0 Å². The molecule has 0 bridgehead atoms. The molecule has 15 heavy (non-hydrogen) atoms. The first kappa shape index (κ1) is 12.5. The van der Waals surface area contributed by atoms with Crippen LogP contribution in [0.5, 0.6) is 0 Å². The van der Waals surface area contributed by atoms with Crippen molar-refractivity contribution < 1.29 is 0 Å². The highest BCUT2D eigenvalue weighted by Crippen LogP contribution is 2.27. The van der Waals surface area contributed by atoms with Crippen molar-refractivity contribution in [3.05, 3.63) is 34.9 Å². The van der Waals surface area contributed by atoms with E-state index in [1.165, 1.54) is 12.0 Å². The molecule has 0 aliphatic rings. The summed E-state index contributed by atoms with van der Waals surface area (Å²) in [4.78, 5) is 0. The summed E-state index contributed by atoms with van der Waals surface area (Å²) >= 11 is 6.02. The van der Waals surface area contributed by atoms with Gasteiger partial charge in [0.05, 0.1) is 0 Å². The number of hydrogen-bond acceptors (Lipinski definition) is 1. The molecule has 2 unspecified atom stereocenters. The molecule has 1 rings (SSSR count). The fourth-order valence-electron chi connectivity index (χ4n) is 1.89. The lowest BCUT2D eigenvalue weighted by atomic mass is 9.85. The summed E-state index contributed by atoms with van der Waals surface area (Å²) in [6.07, 6.45) is 1.19. The number of halogens is 1. The van der Waals surface area contributed by atoms with E-state index in [-0.39, 0.29) is 0 Å². The van der Waals surface area contributed by atoms with Gasteiger partial charge in [0.25, 0.3) is 0 Å². The molecule has 0 heterocycles. The largest absolute Gasteiger partial charge is 0.319 e. The first-order valence-electron chi connectivity index (χ1n) is 5.59. The van der Waals surface area contributed by atoms with E-state index < -0.39 is 0 Å². The van der Waals surface area contributed by atoms with E-state index in [9.17, 15) is 0 Å². The van der Waals surface area contributed by atoms with Crippen LogP contribution >= 0.6 is 11.6 Å². The monoisotopic (exact) mass is 225 g/mol. The van der Waals surface area contributed by atoms with Crippen LogP contribution in [0.2, 0.25) is 5.02 Å². The predicted octanol–water partition coefficient (Wildman–Crippen LogP) is 3.69. The summed E-state index contributed by atoms with van der Waals surface area (Å²) in [5, 5.41) is 4.09. The van der Waals surface area contributed by atoms with Gasteiger partial charge in [0.2, 0.25) is 0 Å². The molecule has 1 aromatic carbocycles. The van der Waals surface area contributed by atoms with Crippen LogP contribution < -0.4 is 5.32 Å². The minimum Gasteiger partial charge on any atom is -0.319 e. The van der Waals surface area contributed by atoms with E-state index in [0.717, 1.165) is 11.6 Å². The molecule has 0 aliphatic carbocycles. The number of nitrogens with one attached hydrogen (secondary N) is 1. The quantitative estimate of drug-likeness (QED) is 0.806. The van der Waals surface area contributed by atoms with Gasteiger partial charge in [-0.2, -0.15) is 0 Å². The van der Waals surface area contributed by atoms with E-state index in [2.05, 4.69) is 31.3 Å². The lowest BCUT2D eigenvalue weighted by Gasteiger charge is -2.23. The van der Waals surface area contributed by atoms with Gasteiger partial charge in [-0.25, -0.2) is 0 Å². The summed E-state index contributed by atoms with van der Waals surface area (Å²) < 4.78 is 0. The van der Waals surface area contributed by atoms with Crippen molar-refractivity contribution in [1.82, 2.24) is 5.32 Å². The second-order valence-corrected chi connectivity index (χ2v) is 4.54. The van der Waals surface area contributed by atoms with E-state index in [0.29, 0.717) is 11.8 Å². The molecule has 2 atom stereocenters. The standard InChI is InChI=1S/C13H20ClN/c1-4-10(2)13(9-15-3)11-6-5-7-12(14)8-11/h5-8,10,13,15H,4,9H2,1-3H3. The summed E-state index contributed by atoms with van der Waals surface area (Å²) in [5.41, 5.74) is 1.34. The Morgan fingerprint density at radius 1 is 1.40 bits per heavy atom. The highest BCUT2D eigenvalue weighted by atomic mass is 35.5. The van der Waals surface area contributed by atoms with Gasteiger partial charge < -0.3 is 5.32 Å². The minimum atomic E-state index is 0.554. The smallest absolute Gasteiger partial charge is 0.0408 e. The molecular formula is C13H20ClN. The maximum absolute atomic E-state index is 6.02. The third kappa shape index (κ3) is 3.51. The molecule has 1 N–H and O–H groups in total. The van der Waals surface area contributed by atoms with Crippen molar-refractivity contribution in [1.29, 1.82) is 0 Å². The van der Waals surface area contributed by atoms with Crippen LogP contribution in [0, 0.1) is 5.92 Å². The first-order chi connectivity index (χ1) is 7.19. The van der Waals surface area contributed by atoms with Gasteiger partial charge in [-0.3, -0.25) is 0 Å². The average Bonchev–Trinajstić information content (AvgIpc) is 2.25. The summed E-state index contributed by atoms with van der Waals surface area (Å²) in [6, 6.07) is 8.20. The lowest BCUT2D eigenvalue weighted by Crippen LogP contribution is -2.22. The van der Waals surface area contributed by atoms with Crippen LogP contribution in [0.1, 0.15) is 31.7 Å². The number of likely N-dealkylation sites (N-methyl/N-ethyl adjacent to an activating group) is 1. The fourth-order valence-corrected chi connectivity index (χ4v) is 2.09. The molecule has 1 nitrogen and oxygen atoms in total.